The molecular formula is C15H22O6. The van der Waals surface area contributed by atoms with E-state index in [1.165, 1.54) is 0 Å². The molecule has 21 heavy (non-hydrogen) atoms. The highest BCUT2D eigenvalue weighted by atomic mass is 16.6. The fraction of sp³-hybridized carbons (Fsp3) is 0.800. The lowest BCUT2D eigenvalue weighted by molar-refractivity contribution is -0.172. The fourth-order valence-corrected chi connectivity index (χ4v) is 2.49. The Labute approximate surface area is 124 Å². The second-order valence-electron chi connectivity index (χ2n) is 6.33. The Hall–Kier alpha value is -1.59. The van der Waals surface area contributed by atoms with Crippen molar-refractivity contribution in [2.75, 3.05) is 6.61 Å². The minimum absolute atomic E-state index is 0.0480. The summed E-state index contributed by atoms with van der Waals surface area (Å²) in [5, 5.41) is 0. The fourth-order valence-electron chi connectivity index (χ4n) is 2.49. The molecule has 6 nitrogen and oxygen atoms in total. The summed E-state index contributed by atoms with van der Waals surface area (Å²) in [5.74, 6) is -1.26. The van der Waals surface area contributed by atoms with Crippen molar-refractivity contribution in [2.24, 2.45) is 11.3 Å². The largest absolute Gasteiger partial charge is 0.458 e. The van der Waals surface area contributed by atoms with Gasteiger partial charge in [-0.15, -0.1) is 0 Å². The molecule has 1 aliphatic carbocycles. The number of hydrogen-bond donors (Lipinski definition) is 0. The highest BCUT2D eigenvalue weighted by Crippen LogP contribution is 2.35. The molecule has 0 aromatic rings. The highest BCUT2D eigenvalue weighted by Gasteiger charge is 2.45. The first-order valence-electron chi connectivity index (χ1n) is 7.40. The summed E-state index contributed by atoms with van der Waals surface area (Å²) in [7, 11) is 0. The van der Waals surface area contributed by atoms with Crippen molar-refractivity contribution < 1.29 is 28.6 Å². The van der Waals surface area contributed by atoms with Gasteiger partial charge in [-0.2, -0.15) is 0 Å². The van der Waals surface area contributed by atoms with E-state index in [4.69, 9.17) is 14.2 Å². The monoisotopic (exact) mass is 298 g/mol. The number of fused-ring (bicyclic) bond motifs is 2. The smallest absolute Gasteiger partial charge is 0.344 e. The number of rotatable bonds is 5. The normalized spacial score (nSPS) is 28.0. The van der Waals surface area contributed by atoms with E-state index in [9.17, 15) is 14.4 Å². The average molecular weight is 298 g/mol. The summed E-state index contributed by atoms with van der Waals surface area (Å²) < 4.78 is 15.4. The minimum atomic E-state index is -0.612. The first kappa shape index (κ1) is 15.8. The standard InChI is InChI=1S/C15H22O6/c1-4-15(2,3)14(18)19-8-12(16)20-10-6-5-9-7-11(10)21-13(9)17/h9-11H,4-8H2,1-3H3. The molecule has 3 atom stereocenters. The number of hydrogen-bond acceptors (Lipinski definition) is 6. The van der Waals surface area contributed by atoms with Gasteiger partial charge in [-0.05, 0) is 33.1 Å². The van der Waals surface area contributed by atoms with Crippen molar-refractivity contribution in [1.82, 2.24) is 0 Å². The van der Waals surface area contributed by atoms with E-state index in [0.717, 1.165) is 0 Å². The molecule has 6 heteroatoms. The second-order valence-corrected chi connectivity index (χ2v) is 6.33. The number of ether oxygens (including phenoxy) is 3. The molecule has 3 unspecified atom stereocenters. The zero-order chi connectivity index (χ0) is 15.6. The molecule has 118 valence electrons. The van der Waals surface area contributed by atoms with Crippen LogP contribution >= 0.6 is 0 Å². The highest BCUT2D eigenvalue weighted by molar-refractivity contribution is 5.80. The van der Waals surface area contributed by atoms with Gasteiger partial charge in [0.15, 0.2) is 6.61 Å². The van der Waals surface area contributed by atoms with Gasteiger partial charge in [-0.25, -0.2) is 4.79 Å². The van der Waals surface area contributed by atoms with E-state index < -0.39 is 30.1 Å². The summed E-state index contributed by atoms with van der Waals surface area (Å²) in [4.78, 5) is 34.9. The Morgan fingerprint density at radius 3 is 2.71 bits per heavy atom. The summed E-state index contributed by atoms with van der Waals surface area (Å²) in [6.07, 6.45) is 1.76. The summed E-state index contributed by atoms with van der Waals surface area (Å²) >= 11 is 0. The van der Waals surface area contributed by atoms with E-state index in [1.807, 2.05) is 6.92 Å². The zero-order valence-corrected chi connectivity index (χ0v) is 12.7. The first-order valence-corrected chi connectivity index (χ1v) is 7.40. The maximum Gasteiger partial charge on any atom is 0.344 e. The van der Waals surface area contributed by atoms with Crippen LogP contribution in [0, 0.1) is 11.3 Å². The molecule has 1 aliphatic heterocycles. The van der Waals surface area contributed by atoms with E-state index in [1.54, 1.807) is 13.8 Å². The Morgan fingerprint density at radius 1 is 1.33 bits per heavy atom. The van der Waals surface area contributed by atoms with Crippen molar-refractivity contribution in [1.29, 1.82) is 0 Å². The van der Waals surface area contributed by atoms with Gasteiger partial charge in [-0.3, -0.25) is 9.59 Å². The van der Waals surface area contributed by atoms with E-state index >= 15 is 0 Å². The number of carbonyl (C=O) groups excluding carboxylic acids is 3. The first-order chi connectivity index (χ1) is 9.83. The van der Waals surface area contributed by atoms with Crippen LogP contribution in [-0.4, -0.2) is 36.7 Å². The molecule has 0 amide bonds. The van der Waals surface area contributed by atoms with E-state index in [2.05, 4.69) is 0 Å². The molecule has 0 spiro atoms. The van der Waals surface area contributed by atoms with E-state index in [0.29, 0.717) is 25.7 Å². The Kier molecular flexibility index (Phi) is 4.54. The molecule has 0 N–H and O–H groups in total. The third-order valence-electron chi connectivity index (χ3n) is 4.37. The van der Waals surface area contributed by atoms with Crippen LogP contribution in [0.2, 0.25) is 0 Å². The summed E-state index contributed by atoms with van der Waals surface area (Å²) in [5.41, 5.74) is -0.612. The lowest BCUT2D eigenvalue weighted by atomic mass is 9.88. The maximum atomic E-state index is 11.8. The van der Waals surface area contributed by atoms with Crippen molar-refractivity contribution in [3.63, 3.8) is 0 Å². The lowest BCUT2D eigenvalue weighted by Crippen LogP contribution is -2.35. The van der Waals surface area contributed by atoms with Gasteiger partial charge in [0.2, 0.25) is 0 Å². The summed E-state index contributed by atoms with van der Waals surface area (Å²) in [6, 6.07) is 0. The average Bonchev–Trinajstić information content (AvgIpc) is 2.75. The van der Waals surface area contributed by atoms with Crippen LogP contribution in [0.4, 0.5) is 0 Å². The minimum Gasteiger partial charge on any atom is -0.458 e. The van der Waals surface area contributed by atoms with Gasteiger partial charge in [-0.1, -0.05) is 6.92 Å². The molecule has 0 radical (unpaired) electrons. The Balaban J connectivity index is 1.78. The SMILES string of the molecule is CCC(C)(C)C(=O)OCC(=O)OC1CCC2CC1OC2=O. The Morgan fingerprint density at radius 2 is 2.05 bits per heavy atom. The van der Waals surface area contributed by atoms with Crippen LogP contribution < -0.4 is 0 Å². The third-order valence-corrected chi connectivity index (χ3v) is 4.37. The van der Waals surface area contributed by atoms with Crippen molar-refractivity contribution in [3.05, 3.63) is 0 Å². The van der Waals surface area contributed by atoms with Crippen LogP contribution in [0.1, 0.15) is 46.5 Å². The predicted octanol–water partition coefficient (Wildman–Crippen LogP) is 1.60. The molecule has 0 aromatic heterocycles. The lowest BCUT2D eigenvalue weighted by Gasteiger charge is -2.26. The molecule has 1 heterocycles. The van der Waals surface area contributed by atoms with Crippen molar-refractivity contribution in [3.8, 4) is 0 Å². The van der Waals surface area contributed by atoms with Gasteiger partial charge in [0.25, 0.3) is 0 Å². The zero-order valence-electron chi connectivity index (χ0n) is 12.7. The van der Waals surface area contributed by atoms with Crippen LogP contribution in [0.3, 0.4) is 0 Å². The van der Waals surface area contributed by atoms with Crippen LogP contribution in [0.5, 0.6) is 0 Å². The van der Waals surface area contributed by atoms with Gasteiger partial charge >= 0.3 is 17.9 Å². The Bertz CT molecular complexity index is 441. The molecule has 0 aromatic carbocycles. The molecule has 2 fully saturated rings. The van der Waals surface area contributed by atoms with Gasteiger partial charge < -0.3 is 14.2 Å². The van der Waals surface area contributed by atoms with Crippen LogP contribution in [0.25, 0.3) is 0 Å². The van der Waals surface area contributed by atoms with Gasteiger partial charge in [0, 0.05) is 6.42 Å². The third kappa shape index (κ3) is 3.54. The number of carbonyl (C=O) groups is 3. The predicted molar refractivity (Wildman–Crippen MR) is 72.1 cm³/mol. The van der Waals surface area contributed by atoms with Crippen molar-refractivity contribution >= 4 is 17.9 Å². The maximum absolute atomic E-state index is 11.8. The second kappa shape index (κ2) is 6.03. The van der Waals surface area contributed by atoms with Crippen LogP contribution in [-0.2, 0) is 28.6 Å². The molecule has 1 saturated heterocycles. The molecule has 1 saturated carbocycles. The molecule has 2 bridgehead atoms. The molecule has 2 aliphatic rings. The van der Waals surface area contributed by atoms with Gasteiger partial charge in [0.1, 0.15) is 12.2 Å². The van der Waals surface area contributed by atoms with Crippen molar-refractivity contribution in [2.45, 2.75) is 58.7 Å². The number of esters is 3. The molecule has 2 rings (SSSR count). The van der Waals surface area contributed by atoms with E-state index in [-0.39, 0.29) is 18.0 Å². The molecular weight excluding hydrogens is 276 g/mol. The quantitative estimate of drug-likeness (QED) is 0.566. The van der Waals surface area contributed by atoms with Crippen LogP contribution in [0.15, 0.2) is 0 Å². The van der Waals surface area contributed by atoms with Gasteiger partial charge in [0.05, 0.1) is 11.3 Å². The summed E-state index contributed by atoms with van der Waals surface area (Å²) in [6.45, 7) is 5.01. The topological polar surface area (TPSA) is 78.9 Å².